The molecule has 2 rings (SSSR count). The third-order valence-electron chi connectivity index (χ3n) is 1.94. The van der Waals surface area contributed by atoms with Gasteiger partial charge in [0.25, 0.3) is 0 Å². The Kier molecular flexibility index (Phi) is 2.37. The summed E-state index contributed by atoms with van der Waals surface area (Å²) >= 11 is 0. The Morgan fingerprint density at radius 1 is 1.43 bits per heavy atom. The first kappa shape index (κ1) is 9.02. The quantitative estimate of drug-likeness (QED) is 0.778. The maximum absolute atomic E-state index is 13.6. The monoisotopic (exact) mass is 195 g/mol. The summed E-state index contributed by atoms with van der Waals surface area (Å²) < 4.78 is 23.6. The van der Waals surface area contributed by atoms with Gasteiger partial charge in [-0.1, -0.05) is 12.2 Å². The van der Waals surface area contributed by atoms with Crippen LogP contribution in [0.15, 0.2) is 18.2 Å². The molecule has 0 unspecified atom stereocenters. The lowest BCUT2D eigenvalue weighted by molar-refractivity contribution is 0.171. The van der Waals surface area contributed by atoms with Crippen molar-refractivity contribution in [1.82, 2.24) is 0 Å². The number of rotatable bonds is 2. The van der Waals surface area contributed by atoms with E-state index >= 15 is 0 Å². The van der Waals surface area contributed by atoms with Crippen LogP contribution in [0.5, 0.6) is 11.5 Å². The van der Waals surface area contributed by atoms with E-state index in [1.807, 2.05) is 0 Å². The minimum absolute atomic E-state index is 0.0797. The highest BCUT2D eigenvalue weighted by molar-refractivity contribution is 5.57. The van der Waals surface area contributed by atoms with Crippen LogP contribution in [0.4, 0.5) is 4.39 Å². The summed E-state index contributed by atoms with van der Waals surface area (Å²) in [5, 5.41) is 0. The van der Waals surface area contributed by atoms with Crippen molar-refractivity contribution < 1.29 is 13.9 Å². The molecule has 14 heavy (non-hydrogen) atoms. The molecule has 2 N–H and O–H groups in total. The molecule has 0 saturated heterocycles. The first-order valence-electron chi connectivity index (χ1n) is 4.27. The minimum Gasteiger partial charge on any atom is -0.453 e. The molecule has 3 nitrogen and oxygen atoms in total. The molecule has 0 bridgehead atoms. The van der Waals surface area contributed by atoms with Crippen LogP contribution in [0.3, 0.4) is 0 Å². The lowest BCUT2D eigenvalue weighted by Crippen LogP contribution is -1.94. The fourth-order valence-electron chi connectivity index (χ4n) is 1.28. The Morgan fingerprint density at radius 3 is 3.07 bits per heavy atom. The first-order chi connectivity index (χ1) is 6.83. The van der Waals surface area contributed by atoms with E-state index in [-0.39, 0.29) is 12.5 Å². The SMILES string of the molecule is NC/C=C/c1ccc2c(c1F)OCO2. The predicted molar refractivity (Wildman–Crippen MR) is 50.6 cm³/mol. The number of nitrogens with two attached hydrogens (primary N) is 1. The first-order valence-corrected chi connectivity index (χ1v) is 4.27. The molecule has 0 aromatic heterocycles. The van der Waals surface area contributed by atoms with Gasteiger partial charge in [-0.3, -0.25) is 0 Å². The highest BCUT2D eigenvalue weighted by atomic mass is 19.1. The molecular formula is C10H10FNO2. The molecule has 0 aliphatic carbocycles. The van der Waals surface area contributed by atoms with E-state index in [2.05, 4.69) is 0 Å². The van der Waals surface area contributed by atoms with Gasteiger partial charge in [-0.25, -0.2) is 4.39 Å². The van der Waals surface area contributed by atoms with Crippen molar-refractivity contribution in [2.45, 2.75) is 0 Å². The zero-order valence-electron chi connectivity index (χ0n) is 7.50. The van der Waals surface area contributed by atoms with E-state index in [4.69, 9.17) is 15.2 Å². The Labute approximate surface area is 80.9 Å². The van der Waals surface area contributed by atoms with Gasteiger partial charge in [0.2, 0.25) is 12.5 Å². The summed E-state index contributed by atoms with van der Waals surface area (Å²) in [7, 11) is 0. The molecule has 0 radical (unpaired) electrons. The molecule has 1 aromatic rings. The van der Waals surface area contributed by atoms with Gasteiger partial charge in [-0.2, -0.15) is 0 Å². The predicted octanol–water partition coefficient (Wildman–Crippen LogP) is 1.53. The highest BCUT2D eigenvalue weighted by Gasteiger charge is 2.19. The van der Waals surface area contributed by atoms with E-state index in [1.54, 1.807) is 24.3 Å². The maximum atomic E-state index is 13.6. The second kappa shape index (κ2) is 3.67. The van der Waals surface area contributed by atoms with Crippen LogP contribution in [-0.2, 0) is 0 Å². The summed E-state index contributed by atoms with van der Waals surface area (Å²) in [4.78, 5) is 0. The molecule has 4 heteroatoms. The van der Waals surface area contributed by atoms with Crippen LogP contribution in [0.2, 0.25) is 0 Å². The Balaban J connectivity index is 2.39. The zero-order chi connectivity index (χ0) is 9.97. The van der Waals surface area contributed by atoms with Gasteiger partial charge in [0, 0.05) is 12.1 Å². The van der Waals surface area contributed by atoms with Crippen molar-refractivity contribution in [2.24, 2.45) is 5.73 Å². The van der Waals surface area contributed by atoms with Gasteiger partial charge < -0.3 is 15.2 Å². The highest BCUT2D eigenvalue weighted by Crippen LogP contribution is 2.36. The maximum Gasteiger partial charge on any atom is 0.231 e. The van der Waals surface area contributed by atoms with E-state index in [1.165, 1.54) is 0 Å². The number of hydrogen-bond acceptors (Lipinski definition) is 3. The van der Waals surface area contributed by atoms with Gasteiger partial charge in [0.1, 0.15) is 0 Å². The van der Waals surface area contributed by atoms with Gasteiger partial charge in [0.05, 0.1) is 0 Å². The smallest absolute Gasteiger partial charge is 0.231 e. The third kappa shape index (κ3) is 1.44. The van der Waals surface area contributed by atoms with Crippen molar-refractivity contribution in [3.05, 3.63) is 29.6 Å². The summed E-state index contributed by atoms with van der Waals surface area (Å²) in [6, 6.07) is 3.32. The topological polar surface area (TPSA) is 44.5 Å². The normalized spacial score (nSPS) is 13.9. The molecule has 0 fully saturated rings. The number of hydrogen-bond donors (Lipinski definition) is 1. The number of benzene rings is 1. The largest absolute Gasteiger partial charge is 0.453 e. The molecule has 1 heterocycles. The Morgan fingerprint density at radius 2 is 2.29 bits per heavy atom. The van der Waals surface area contributed by atoms with Crippen LogP contribution < -0.4 is 15.2 Å². The molecular weight excluding hydrogens is 185 g/mol. The molecule has 1 aliphatic rings. The summed E-state index contributed by atoms with van der Waals surface area (Å²) in [5.41, 5.74) is 5.73. The standard InChI is InChI=1S/C10H10FNO2/c11-9-7(2-1-5-12)3-4-8-10(9)14-6-13-8/h1-4H,5-6,12H2/b2-1+. The zero-order valence-corrected chi connectivity index (χ0v) is 7.50. The van der Waals surface area contributed by atoms with Gasteiger partial charge >= 0.3 is 0 Å². The van der Waals surface area contributed by atoms with Crippen LogP contribution in [-0.4, -0.2) is 13.3 Å². The van der Waals surface area contributed by atoms with Crippen molar-refractivity contribution >= 4 is 6.08 Å². The second-order valence-corrected chi connectivity index (χ2v) is 2.84. The second-order valence-electron chi connectivity index (χ2n) is 2.84. The average Bonchev–Trinajstić information content (AvgIpc) is 2.66. The molecule has 0 spiro atoms. The van der Waals surface area contributed by atoms with Crippen molar-refractivity contribution in [3.8, 4) is 11.5 Å². The van der Waals surface area contributed by atoms with E-state index < -0.39 is 5.82 Å². The fourth-order valence-corrected chi connectivity index (χ4v) is 1.28. The Bertz CT molecular complexity index is 377. The van der Waals surface area contributed by atoms with Crippen molar-refractivity contribution in [3.63, 3.8) is 0 Å². The molecule has 0 saturated carbocycles. The van der Waals surface area contributed by atoms with E-state index in [0.29, 0.717) is 17.9 Å². The third-order valence-corrected chi connectivity index (χ3v) is 1.94. The summed E-state index contributed by atoms with van der Waals surface area (Å²) in [6.45, 7) is 0.462. The van der Waals surface area contributed by atoms with Crippen LogP contribution in [0.1, 0.15) is 5.56 Å². The lowest BCUT2D eigenvalue weighted by atomic mass is 10.1. The lowest BCUT2D eigenvalue weighted by Gasteiger charge is -2.00. The van der Waals surface area contributed by atoms with Gasteiger partial charge in [0.15, 0.2) is 11.6 Å². The molecule has 0 amide bonds. The summed E-state index contributed by atoms with van der Waals surface area (Å²) in [6.07, 6.45) is 3.30. The molecule has 0 atom stereocenters. The Hall–Kier alpha value is -1.55. The number of halogens is 1. The van der Waals surface area contributed by atoms with Gasteiger partial charge in [-0.05, 0) is 12.1 Å². The van der Waals surface area contributed by atoms with Crippen LogP contribution in [0, 0.1) is 5.82 Å². The minimum atomic E-state index is -0.398. The number of fused-ring (bicyclic) bond motifs is 1. The molecule has 1 aromatic carbocycles. The van der Waals surface area contributed by atoms with Crippen molar-refractivity contribution in [1.29, 1.82) is 0 Å². The van der Waals surface area contributed by atoms with Crippen LogP contribution in [0.25, 0.3) is 6.08 Å². The molecule has 74 valence electrons. The fraction of sp³-hybridized carbons (Fsp3) is 0.200. The van der Waals surface area contributed by atoms with E-state index in [0.717, 1.165) is 0 Å². The molecule has 1 aliphatic heterocycles. The summed E-state index contributed by atoms with van der Waals surface area (Å²) in [5.74, 6) is 0.237. The van der Waals surface area contributed by atoms with Crippen LogP contribution >= 0.6 is 0 Å². The van der Waals surface area contributed by atoms with Gasteiger partial charge in [-0.15, -0.1) is 0 Å². The average molecular weight is 195 g/mol. The van der Waals surface area contributed by atoms with E-state index in [9.17, 15) is 4.39 Å². The van der Waals surface area contributed by atoms with Crippen molar-refractivity contribution in [2.75, 3.05) is 13.3 Å². The number of ether oxygens (including phenoxy) is 2.